The Hall–Kier alpha value is -5.91. The van der Waals surface area contributed by atoms with Crippen LogP contribution in [0.3, 0.4) is 0 Å². The number of benzene rings is 5. The summed E-state index contributed by atoms with van der Waals surface area (Å²) in [7, 11) is 0. The number of unbranched alkanes of at least 4 members (excludes halogenated alkanes) is 1. The summed E-state index contributed by atoms with van der Waals surface area (Å²) in [6, 6.07) is 31.2. The normalized spacial score (nSPS) is 12.9. The number of carbonyl (C=O) groups is 2. The lowest BCUT2D eigenvalue weighted by molar-refractivity contribution is -0.161. The van der Waals surface area contributed by atoms with Crippen LogP contribution in [0.15, 0.2) is 115 Å². The van der Waals surface area contributed by atoms with E-state index in [0.29, 0.717) is 64.2 Å². The molecule has 288 valence electrons. The van der Waals surface area contributed by atoms with Gasteiger partial charge in [0.05, 0.1) is 22.7 Å². The highest BCUT2D eigenvalue weighted by molar-refractivity contribution is 6.11. The number of fused-ring (bicyclic) bond motifs is 4. The molecule has 1 N–H and O–H groups in total. The van der Waals surface area contributed by atoms with E-state index >= 15 is 0 Å². The molecule has 56 heavy (non-hydrogen) atoms. The van der Waals surface area contributed by atoms with Gasteiger partial charge >= 0.3 is 12.4 Å². The first-order valence-electron chi connectivity index (χ1n) is 18.3. The van der Waals surface area contributed by atoms with Crippen molar-refractivity contribution in [1.82, 2.24) is 14.5 Å². The van der Waals surface area contributed by atoms with E-state index in [1.54, 1.807) is 60.7 Å². The molecule has 1 aromatic heterocycles. The molecule has 0 saturated carbocycles. The molecule has 0 fully saturated rings. The highest BCUT2D eigenvalue weighted by atomic mass is 19.4. The van der Waals surface area contributed by atoms with E-state index in [-0.39, 0.29) is 18.0 Å². The van der Waals surface area contributed by atoms with Crippen LogP contribution in [0.5, 0.6) is 0 Å². The van der Waals surface area contributed by atoms with Crippen molar-refractivity contribution in [2.75, 3.05) is 18.4 Å². The number of carbonyl (C=O) groups excluding carboxylic acids is 2. The largest absolute Gasteiger partial charge is 0.416 e. The molecule has 0 bridgehead atoms. The molecule has 6 aromatic rings. The number of hydrogen-bond donors (Lipinski definition) is 1. The third-order valence-electron chi connectivity index (χ3n) is 10.1. The van der Waals surface area contributed by atoms with Gasteiger partial charge in [0.2, 0.25) is 5.91 Å². The monoisotopic (exact) mass is 768 g/mol. The van der Waals surface area contributed by atoms with Crippen molar-refractivity contribution >= 4 is 28.5 Å². The Labute approximate surface area is 319 Å². The summed E-state index contributed by atoms with van der Waals surface area (Å²) >= 11 is 0. The van der Waals surface area contributed by atoms with Gasteiger partial charge < -0.3 is 14.8 Å². The average Bonchev–Trinajstić information content (AvgIpc) is 3.72. The zero-order valence-corrected chi connectivity index (χ0v) is 30.6. The maximum atomic E-state index is 14.0. The highest BCUT2D eigenvalue weighted by Crippen LogP contribution is 2.45. The quantitative estimate of drug-likeness (QED) is 0.105. The lowest BCUT2D eigenvalue weighted by Gasteiger charge is -2.27. The molecule has 1 aliphatic carbocycles. The van der Waals surface area contributed by atoms with Gasteiger partial charge in [0.15, 0.2) is 0 Å². The molecule has 1 heterocycles. The summed E-state index contributed by atoms with van der Waals surface area (Å²) in [6.45, 7) is 2.89. The Morgan fingerprint density at radius 3 is 1.96 bits per heavy atom. The second-order valence-electron chi connectivity index (χ2n) is 14.2. The number of aromatic nitrogens is 2. The van der Waals surface area contributed by atoms with E-state index in [1.165, 1.54) is 12.1 Å². The zero-order valence-electron chi connectivity index (χ0n) is 30.6. The highest BCUT2D eigenvalue weighted by Gasteiger charge is 2.40. The maximum Gasteiger partial charge on any atom is 0.416 e. The summed E-state index contributed by atoms with van der Waals surface area (Å²) in [5, 5.41) is 2.94. The molecule has 5 aromatic carbocycles. The van der Waals surface area contributed by atoms with E-state index < -0.39 is 42.2 Å². The Kier molecular flexibility index (Phi) is 10.5. The predicted molar refractivity (Wildman–Crippen MR) is 204 cm³/mol. The van der Waals surface area contributed by atoms with Gasteiger partial charge in [-0.15, -0.1) is 0 Å². The summed E-state index contributed by atoms with van der Waals surface area (Å²) < 4.78 is 83.3. The Balaban J connectivity index is 1.09. The summed E-state index contributed by atoms with van der Waals surface area (Å²) in [5.74, 6) is -1.22. The smallest absolute Gasteiger partial charge is 0.333 e. The molecule has 0 radical (unpaired) electrons. The van der Waals surface area contributed by atoms with Crippen LogP contribution < -0.4 is 5.32 Å². The maximum absolute atomic E-state index is 14.0. The second-order valence-corrected chi connectivity index (χ2v) is 14.2. The Morgan fingerprint density at radius 2 is 1.36 bits per heavy atom. The summed E-state index contributed by atoms with van der Waals surface area (Å²) in [4.78, 5) is 33.5. The van der Waals surface area contributed by atoms with Crippen molar-refractivity contribution in [1.29, 1.82) is 0 Å². The number of anilines is 1. The molecule has 2 amide bonds. The molecular weight excluding hydrogens is 730 g/mol. The standard InChI is InChI=1S/C44H38F6N4O2/c1-27(2)40-52-39-36(51-41(55)35-17-8-3-12-30(35)28-20-22-29(23-21-28)44(48,49)50)18-11-19-37(39)54(40)25-10-9-24-53(26-43(45,46)47)42(56)38-33-15-6-4-13-31(33)32-14-5-7-16-34(32)38/h3-8,11-23,27,38H,9-10,24-26H2,1-2H3,(H,51,55). The third kappa shape index (κ3) is 7.78. The fraction of sp³-hybridized carbons (Fsp3) is 0.250. The Morgan fingerprint density at radius 1 is 0.750 bits per heavy atom. The number of hydrogen-bond acceptors (Lipinski definition) is 3. The topological polar surface area (TPSA) is 67.2 Å². The van der Waals surface area contributed by atoms with E-state index in [1.807, 2.05) is 48.7 Å². The molecule has 0 unspecified atom stereocenters. The van der Waals surface area contributed by atoms with Crippen LogP contribution in [-0.2, 0) is 17.5 Å². The molecule has 0 aliphatic heterocycles. The van der Waals surface area contributed by atoms with Gasteiger partial charge in [-0.1, -0.05) is 98.8 Å². The van der Waals surface area contributed by atoms with Gasteiger partial charge in [-0.25, -0.2) is 4.98 Å². The minimum Gasteiger partial charge on any atom is -0.333 e. The summed E-state index contributed by atoms with van der Waals surface area (Å²) in [5.41, 5.74) is 5.12. The van der Waals surface area contributed by atoms with Crippen LogP contribution >= 0.6 is 0 Å². The average molecular weight is 769 g/mol. The molecule has 0 saturated heterocycles. The number of aryl methyl sites for hydroxylation is 1. The minimum atomic E-state index is -4.59. The van der Waals surface area contributed by atoms with Crippen LogP contribution in [0.4, 0.5) is 32.0 Å². The first kappa shape index (κ1) is 38.4. The van der Waals surface area contributed by atoms with Crippen LogP contribution in [0.2, 0.25) is 0 Å². The fourth-order valence-electron chi connectivity index (χ4n) is 7.56. The predicted octanol–water partition coefficient (Wildman–Crippen LogP) is 11.1. The number of rotatable bonds is 11. The van der Waals surface area contributed by atoms with Gasteiger partial charge in [-0.05, 0) is 76.6 Å². The van der Waals surface area contributed by atoms with Crippen molar-refractivity contribution in [3.63, 3.8) is 0 Å². The molecule has 0 spiro atoms. The molecule has 0 atom stereocenters. The number of nitrogens with one attached hydrogen (secondary N) is 1. The van der Waals surface area contributed by atoms with Crippen molar-refractivity contribution in [3.05, 3.63) is 143 Å². The number of amides is 2. The summed E-state index contributed by atoms with van der Waals surface area (Å²) in [6.07, 6.45) is -8.33. The molecule has 1 aliphatic rings. The Bertz CT molecular complexity index is 2350. The van der Waals surface area contributed by atoms with Crippen LogP contribution in [0.1, 0.15) is 71.4 Å². The molecule has 7 rings (SSSR count). The van der Waals surface area contributed by atoms with E-state index in [9.17, 15) is 35.9 Å². The van der Waals surface area contributed by atoms with E-state index in [0.717, 1.165) is 28.2 Å². The number of nitrogens with zero attached hydrogens (tertiary/aromatic N) is 3. The molecule has 12 heteroatoms. The van der Waals surface area contributed by atoms with Crippen molar-refractivity contribution in [2.24, 2.45) is 0 Å². The van der Waals surface area contributed by atoms with Gasteiger partial charge in [0.1, 0.15) is 17.9 Å². The zero-order chi connectivity index (χ0) is 39.8. The van der Waals surface area contributed by atoms with Crippen LogP contribution in [-0.4, -0.2) is 45.5 Å². The van der Waals surface area contributed by atoms with Gasteiger partial charge in [0, 0.05) is 24.6 Å². The number of halogens is 6. The van der Waals surface area contributed by atoms with Gasteiger partial charge in [0.25, 0.3) is 5.91 Å². The van der Waals surface area contributed by atoms with E-state index in [4.69, 9.17) is 4.98 Å². The number of imidazole rings is 1. The second kappa shape index (κ2) is 15.3. The molecular formula is C44H38F6N4O2. The van der Waals surface area contributed by atoms with Crippen molar-refractivity contribution in [2.45, 2.75) is 57.4 Å². The SMILES string of the molecule is CC(C)c1nc2c(NC(=O)c3ccccc3-c3ccc(C(F)(F)F)cc3)cccc2n1CCCCN(CC(F)(F)F)C(=O)C1c2ccccc2-c2ccccc21. The van der Waals surface area contributed by atoms with Gasteiger partial charge in [-0.2, -0.15) is 26.3 Å². The van der Waals surface area contributed by atoms with Crippen LogP contribution in [0, 0.1) is 0 Å². The van der Waals surface area contributed by atoms with Crippen molar-refractivity contribution in [3.8, 4) is 22.3 Å². The van der Waals surface area contributed by atoms with Gasteiger partial charge in [-0.3, -0.25) is 9.59 Å². The number of alkyl halides is 6. The lowest BCUT2D eigenvalue weighted by Crippen LogP contribution is -2.42. The van der Waals surface area contributed by atoms with E-state index in [2.05, 4.69) is 5.32 Å². The third-order valence-corrected chi connectivity index (χ3v) is 10.1. The first-order chi connectivity index (χ1) is 26.7. The number of para-hydroxylation sites is 1. The minimum absolute atomic E-state index is 0.0443. The van der Waals surface area contributed by atoms with Crippen molar-refractivity contribution < 1.29 is 35.9 Å². The first-order valence-corrected chi connectivity index (χ1v) is 18.3. The lowest BCUT2D eigenvalue weighted by atomic mass is 9.95. The molecule has 6 nitrogen and oxygen atoms in total. The fourth-order valence-corrected chi connectivity index (χ4v) is 7.56. The van der Waals surface area contributed by atoms with Crippen LogP contribution in [0.25, 0.3) is 33.3 Å².